The van der Waals surface area contributed by atoms with Crippen LogP contribution < -0.4 is 21.3 Å². The number of primary sulfonamides is 1. The van der Waals surface area contributed by atoms with E-state index in [-0.39, 0.29) is 17.8 Å². The molecule has 0 unspecified atom stereocenters. The van der Waals surface area contributed by atoms with E-state index in [4.69, 9.17) is 36.2 Å². The van der Waals surface area contributed by atoms with Crippen LogP contribution in [0.4, 0.5) is 0 Å². The van der Waals surface area contributed by atoms with Gasteiger partial charge < -0.3 is 36.4 Å². The summed E-state index contributed by atoms with van der Waals surface area (Å²) in [7, 11) is -2.39. The molecule has 1 heterocycles. The van der Waals surface area contributed by atoms with Gasteiger partial charge in [-0.05, 0) is 55.1 Å². The van der Waals surface area contributed by atoms with Gasteiger partial charge in [0.2, 0.25) is 10.0 Å². The number of rotatable bonds is 6. The Morgan fingerprint density at radius 3 is 2.14 bits per heavy atom. The van der Waals surface area contributed by atoms with Crippen molar-refractivity contribution in [1.82, 2.24) is 5.16 Å². The summed E-state index contributed by atoms with van der Waals surface area (Å²) < 4.78 is 34.9. The van der Waals surface area contributed by atoms with Crippen LogP contribution in [0.3, 0.4) is 0 Å². The lowest BCUT2D eigenvalue weighted by Crippen LogP contribution is -2.13. The number of methoxy groups -OCH3 is 1. The lowest BCUT2D eigenvalue weighted by atomic mass is 9.97. The van der Waals surface area contributed by atoms with Crippen LogP contribution in [0.2, 0.25) is 5.02 Å². The molecule has 0 fully saturated rings. The summed E-state index contributed by atoms with van der Waals surface area (Å²) in [5, 5.41) is 24.2. The third kappa shape index (κ3) is 11.3. The monoisotopic (exact) mass is 594 g/mol. The van der Waals surface area contributed by atoms with Crippen molar-refractivity contribution >= 4 is 56.4 Å². The van der Waals surface area contributed by atoms with Crippen LogP contribution in [0.15, 0.2) is 51.9 Å². The van der Waals surface area contributed by atoms with E-state index in [2.05, 4.69) is 41.1 Å². The van der Waals surface area contributed by atoms with Gasteiger partial charge in [0.1, 0.15) is 17.2 Å². The van der Waals surface area contributed by atoms with Gasteiger partial charge in [-0.2, -0.15) is 0 Å². The third-order valence-corrected chi connectivity index (χ3v) is 5.39. The molecule has 0 spiro atoms. The normalized spacial score (nSPS) is 9.73. The Morgan fingerprint density at radius 2 is 1.68 bits per heavy atom. The van der Waals surface area contributed by atoms with E-state index in [0.29, 0.717) is 45.3 Å². The average Bonchev–Trinajstić information content (AvgIpc) is 3.16. The Balaban J connectivity index is 0. The number of aryl methyl sites for hydroxylation is 1. The zero-order valence-corrected chi connectivity index (χ0v) is 22.5. The number of aromatic nitrogens is 1. The van der Waals surface area contributed by atoms with Crippen molar-refractivity contribution in [3.63, 3.8) is 0 Å². The predicted molar refractivity (Wildman–Crippen MR) is 153 cm³/mol. The summed E-state index contributed by atoms with van der Waals surface area (Å²) in [5.74, 6) is 1.12. The fraction of sp³-hybridized carbons (Fsp3) is 0.227. The Labute approximate surface area is 231 Å². The van der Waals surface area contributed by atoms with Crippen molar-refractivity contribution in [2.75, 3.05) is 7.11 Å². The van der Waals surface area contributed by atoms with Crippen molar-refractivity contribution in [3.8, 4) is 28.1 Å². The van der Waals surface area contributed by atoms with E-state index in [9.17, 15) is 8.42 Å². The standard InChI is InChI=1S/C19H19ClN2O4S.2CH3NOS.CH4.H2O/c1-3-6-16-18(13-7-4-5-8-17(13)27(21,23)24)19(22-26-16)12-9-10-15(25-2)14(20)11-12;2*2-1(3)4;;/h4-5,7-11H,3,6H2,1-2H3,(H2,21,23,24);2*(H3,2,3,4);1H4;1H2. The predicted octanol–water partition coefficient (Wildman–Crippen LogP) is 3.66. The molecule has 3 rings (SSSR count). The SMILES string of the molecule is C.CCCc1onc(-c2ccc(OC)c(Cl)c2)c1-c1ccccc1S(N)(=O)=O.NC(O)=S.NC(O)=S.O. The van der Waals surface area contributed by atoms with Crippen molar-refractivity contribution in [2.45, 2.75) is 32.1 Å². The molecule has 0 aliphatic heterocycles. The molecule has 0 atom stereocenters. The minimum atomic E-state index is -3.92. The molecule has 15 heteroatoms. The number of ether oxygens (including phenoxy) is 1. The molecule has 206 valence electrons. The van der Waals surface area contributed by atoms with Gasteiger partial charge in [-0.25, -0.2) is 13.6 Å². The Morgan fingerprint density at radius 1 is 1.14 bits per heavy atom. The van der Waals surface area contributed by atoms with E-state index in [1.54, 1.807) is 36.4 Å². The number of benzene rings is 2. The molecule has 10 N–H and O–H groups in total. The van der Waals surface area contributed by atoms with Crippen LogP contribution in [0.25, 0.3) is 22.4 Å². The van der Waals surface area contributed by atoms with E-state index < -0.39 is 20.4 Å². The quantitative estimate of drug-likeness (QED) is 0.259. The lowest BCUT2D eigenvalue weighted by Gasteiger charge is -2.10. The van der Waals surface area contributed by atoms with Crippen LogP contribution in [0, 0.1) is 0 Å². The first kappa shape index (κ1) is 36.1. The summed E-state index contributed by atoms with van der Waals surface area (Å²) in [6.07, 6.45) is 1.41. The maximum atomic E-state index is 12.1. The van der Waals surface area contributed by atoms with Crippen LogP contribution in [-0.2, 0) is 16.4 Å². The fourth-order valence-corrected chi connectivity index (χ4v) is 3.93. The van der Waals surface area contributed by atoms with Gasteiger partial charge in [-0.1, -0.05) is 49.3 Å². The summed E-state index contributed by atoms with van der Waals surface area (Å²) in [4.78, 5) is 0.0198. The maximum absolute atomic E-state index is 12.1. The van der Waals surface area contributed by atoms with Crippen LogP contribution in [0.1, 0.15) is 26.5 Å². The minimum absolute atomic E-state index is 0. The zero-order chi connectivity index (χ0) is 26.8. The number of hydrogen-bond acceptors (Lipinski definition) is 7. The van der Waals surface area contributed by atoms with Crippen molar-refractivity contribution in [1.29, 1.82) is 0 Å². The number of thiocarbonyl (C=S) groups is 2. The van der Waals surface area contributed by atoms with E-state index >= 15 is 0 Å². The fourth-order valence-electron chi connectivity index (χ4n) is 2.93. The lowest BCUT2D eigenvalue weighted by molar-refractivity contribution is 0.385. The van der Waals surface area contributed by atoms with Gasteiger partial charge in [0.25, 0.3) is 10.3 Å². The molecular weight excluding hydrogens is 564 g/mol. The highest BCUT2D eigenvalue weighted by molar-refractivity contribution is 7.89. The maximum Gasteiger partial charge on any atom is 0.251 e. The van der Waals surface area contributed by atoms with Crippen LogP contribution in [0.5, 0.6) is 5.75 Å². The molecule has 0 aliphatic rings. The highest BCUT2D eigenvalue weighted by atomic mass is 35.5. The largest absolute Gasteiger partial charge is 0.495 e. The van der Waals surface area contributed by atoms with E-state index in [1.165, 1.54) is 13.2 Å². The second kappa shape index (κ2) is 16.7. The second-order valence-corrected chi connectivity index (χ2v) is 9.42. The number of hydrogen-bond donors (Lipinski definition) is 5. The first-order valence-electron chi connectivity index (χ1n) is 9.74. The first-order chi connectivity index (χ1) is 16.3. The summed E-state index contributed by atoms with van der Waals surface area (Å²) in [6.45, 7) is 2.00. The summed E-state index contributed by atoms with van der Waals surface area (Å²) in [5.41, 5.74) is 11.0. The average molecular weight is 595 g/mol. The van der Waals surface area contributed by atoms with Gasteiger partial charge >= 0.3 is 0 Å². The van der Waals surface area contributed by atoms with E-state index in [1.807, 2.05) is 6.92 Å². The molecule has 0 saturated heterocycles. The highest BCUT2D eigenvalue weighted by Gasteiger charge is 2.24. The van der Waals surface area contributed by atoms with Gasteiger partial charge in [0, 0.05) is 17.5 Å². The Hall–Kier alpha value is -3.01. The van der Waals surface area contributed by atoms with Gasteiger partial charge in [-0.15, -0.1) is 0 Å². The Kier molecular flexibility index (Phi) is 16.3. The van der Waals surface area contributed by atoms with Crippen molar-refractivity contribution in [2.24, 2.45) is 16.6 Å². The van der Waals surface area contributed by atoms with Crippen LogP contribution in [-0.4, -0.2) is 46.7 Å². The number of aliphatic hydroxyl groups is 2. The second-order valence-electron chi connectivity index (χ2n) is 6.65. The van der Waals surface area contributed by atoms with Crippen molar-refractivity contribution < 1.29 is 33.4 Å². The number of nitrogens with two attached hydrogens (primary N) is 3. The molecule has 11 nitrogen and oxygen atoms in total. The molecular formula is C22H31ClN4O7S3. The number of sulfonamides is 1. The number of aliphatic hydroxyl groups excluding tert-OH is 2. The van der Waals surface area contributed by atoms with Gasteiger partial charge in [0.05, 0.1) is 22.6 Å². The van der Waals surface area contributed by atoms with Gasteiger partial charge in [0.15, 0.2) is 0 Å². The molecule has 3 aromatic rings. The van der Waals surface area contributed by atoms with Gasteiger partial charge in [-0.3, -0.25) is 0 Å². The molecule has 0 radical (unpaired) electrons. The molecule has 0 saturated carbocycles. The molecule has 2 aromatic carbocycles. The summed E-state index contributed by atoms with van der Waals surface area (Å²) in [6, 6.07) is 11.8. The topological polar surface area (TPSA) is 219 Å². The number of nitrogens with zero attached hydrogens (tertiary/aromatic N) is 1. The third-order valence-electron chi connectivity index (χ3n) is 4.13. The number of halogens is 1. The molecule has 1 aromatic heterocycles. The Bertz CT molecular complexity index is 1270. The highest BCUT2D eigenvalue weighted by Crippen LogP contribution is 2.40. The molecule has 37 heavy (non-hydrogen) atoms. The minimum Gasteiger partial charge on any atom is -0.495 e. The molecule has 0 bridgehead atoms. The van der Waals surface area contributed by atoms with Crippen molar-refractivity contribution in [3.05, 3.63) is 53.2 Å². The first-order valence-corrected chi connectivity index (χ1v) is 12.5. The summed E-state index contributed by atoms with van der Waals surface area (Å²) >= 11 is 14.0. The molecule has 0 aliphatic carbocycles. The zero-order valence-electron chi connectivity index (χ0n) is 19.3. The van der Waals surface area contributed by atoms with Crippen LogP contribution >= 0.6 is 36.0 Å². The van der Waals surface area contributed by atoms with E-state index in [0.717, 1.165) is 6.42 Å². The smallest absolute Gasteiger partial charge is 0.251 e. The molecule has 0 amide bonds.